The zero-order chi connectivity index (χ0) is 33.2. The Labute approximate surface area is 261 Å². The number of nitrogens with two attached hydrogens (primary N) is 1. The number of cyclic esters (lactones) is 1. The quantitative estimate of drug-likeness (QED) is 0.167. The van der Waals surface area contributed by atoms with Crippen molar-refractivity contribution in [3.8, 4) is 11.5 Å². The molecular weight excluding hydrogens is 652 g/mol. The summed E-state index contributed by atoms with van der Waals surface area (Å²) in [7, 11) is -8.06. The van der Waals surface area contributed by atoms with E-state index < -0.39 is 70.6 Å². The van der Waals surface area contributed by atoms with Crippen LogP contribution in [0.4, 0.5) is 5.82 Å². The number of rotatable bonds is 11. The van der Waals surface area contributed by atoms with Crippen LogP contribution in [0.2, 0.25) is 0 Å². The minimum absolute atomic E-state index is 0.00833. The number of esters is 1. The Hall–Kier alpha value is -3.18. The molecule has 18 nitrogen and oxygen atoms in total. The van der Waals surface area contributed by atoms with E-state index in [1.54, 1.807) is 25.3 Å². The molecule has 3 aliphatic heterocycles. The van der Waals surface area contributed by atoms with E-state index in [4.69, 9.17) is 38.5 Å². The van der Waals surface area contributed by atoms with E-state index in [9.17, 15) is 28.8 Å². The van der Waals surface area contributed by atoms with Crippen LogP contribution >= 0.6 is 15.2 Å². The van der Waals surface area contributed by atoms with Gasteiger partial charge < -0.3 is 53.4 Å². The molecule has 2 aromatic heterocycles. The summed E-state index contributed by atoms with van der Waals surface area (Å²) in [5, 5.41) is 10.7. The van der Waals surface area contributed by atoms with Gasteiger partial charge in [-0.1, -0.05) is 0 Å². The lowest BCUT2D eigenvalue weighted by Gasteiger charge is -2.25. The first-order valence-corrected chi connectivity index (χ1v) is 17.6. The number of aromatic nitrogens is 4. The number of fused-ring (bicyclic) bond motifs is 3. The van der Waals surface area contributed by atoms with Gasteiger partial charge in [0.1, 0.15) is 53.8 Å². The van der Waals surface area contributed by atoms with Gasteiger partial charge in [0.25, 0.3) is 0 Å². The molecule has 46 heavy (non-hydrogen) atoms. The van der Waals surface area contributed by atoms with Crippen molar-refractivity contribution in [1.82, 2.24) is 19.5 Å². The van der Waals surface area contributed by atoms with Gasteiger partial charge in [-0.25, -0.2) is 19.7 Å². The topological polar surface area (TPSA) is 246 Å². The Morgan fingerprint density at radius 1 is 1.13 bits per heavy atom. The van der Waals surface area contributed by atoms with Gasteiger partial charge in [0.05, 0.1) is 26.7 Å². The maximum absolute atomic E-state index is 13.0. The average Bonchev–Trinajstić information content (AvgIpc) is 3.72. The van der Waals surface area contributed by atoms with Crippen molar-refractivity contribution in [1.29, 1.82) is 0 Å². The fraction of sp³-hybridized carbons (Fsp3) is 0.538. The van der Waals surface area contributed by atoms with E-state index in [-0.39, 0.29) is 41.5 Å². The lowest BCUT2D eigenvalue weighted by molar-refractivity contribution is -0.199. The summed E-state index contributed by atoms with van der Waals surface area (Å²) in [6.45, 7) is 4.11. The highest BCUT2D eigenvalue weighted by atomic mass is 31.2. The van der Waals surface area contributed by atoms with Crippen LogP contribution in [0.25, 0.3) is 11.2 Å². The Kier molecular flexibility index (Phi) is 8.41. The molecule has 6 atom stereocenters. The largest absolute Gasteiger partial charge is 0.507 e. The monoisotopic (exact) mass is 685 g/mol. The zero-order valence-electron chi connectivity index (χ0n) is 25.2. The zero-order valence-corrected chi connectivity index (χ0v) is 27.0. The molecule has 0 aliphatic carbocycles. The van der Waals surface area contributed by atoms with Gasteiger partial charge >= 0.3 is 21.2 Å². The number of ether oxygens (including phenoxy) is 5. The number of hydrogen-bond acceptors (Lipinski definition) is 15. The summed E-state index contributed by atoms with van der Waals surface area (Å²) in [6, 6.07) is 0. The minimum Gasteiger partial charge on any atom is -0.507 e. The summed E-state index contributed by atoms with van der Waals surface area (Å²) in [5.74, 6) is -2.91. The van der Waals surface area contributed by atoms with Crippen LogP contribution in [0.15, 0.2) is 12.7 Å². The van der Waals surface area contributed by atoms with Gasteiger partial charge in [0.2, 0.25) is 0 Å². The van der Waals surface area contributed by atoms with Gasteiger partial charge in [-0.15, -0.1) is 0 Å². The number of methoxy groups -OCH3 is 1. The Morgan fingerprint density at radius 2 is 1.85 bits per heavy atom. The van der Waals surface area contributed by atoms with E-state index in [0.717, 1.165) is 0 Å². The Bertz CT molecular complexity index is 1800. The number of carbonyl (C=O) groups excluding carboxylic acids is 1. The molecule has 1 aromatic carbocycles. The first kappa shape index (κ1) is 32.7. The predicted octanol–water partition coefficient (Wildman–Crippen LogP) is 2.12. The molecule has 5 N–H and O–H groups in total. The summed E-state index contributed by atoms with van der Waals surface area (Å²) in [6.07, 6.45) is -0.634. The molecule has 0 radical (unpaired) electrons. The van der Waals surface area contributed by atoms with E-state index >= 15 is 0 Å². The van der Waals surface area contributed by atoms with E-state index in [0.29, 0.717) is 22.3 Å². The molecule has 20 heteroatoms. The second-order valence-corrected chi connectivity index (χ2v) is 15.6. The number of nitrogens with zero attached hydrogens (tertiary/aromatic N) is 4. The van der Waals surface area contributed by atoms with Crippen molar-refractivity contribution < 1.29 is 61.5 Å². The third-order valence-electron chi connectivity index (χ3n) is 7.88. The Balaban J connectivity index is 1.10. The normalized spacial score (nSPS) is 26.0. The number of anilines is 1. The molecule has 3 aliphatic rings. The molecule has 0 saturated carbocycles. The second-order valence-electron chi connectivity index (χ2n) is 11.4. The van der Waals surface area contributed by atoms with Crippen LogP contribution in [0.3, 0.4) is 0 Å². The number of carbonyl (C=O) groups is 1. The third kappa shape index (κ3) is 6.01. The summed E-state index contributed by atoms with van der Waals surface area (Å²) < 4.78 is 66.3. The van der Waals surface area contributed by atoms with Crippen LogP contribution in [0, 0.1) is 6.92 Å². The number of imidazole rings is 1. The van der Waals surface area contributed by atoms with Gasteiger partial charge in [-0.2, -0.15) is 0 Å². The first-order valence-electron chi connectivity index (χ1n) is 14.1. The van der Waals surface area contributed by atoms with Crippen molar-refractivity contribution in [3.05, 3.63) is 34.9 Å². The first-order chi connectivity index (χ1) is 21.6. The van der Waals surface area contributed by atoms with Crippen molar-refractivity contribution >= 4 is 38.1 Å². The average molecular weight is 686 g/mol. The lowest BCUT2D eigenvalue weighted by atomic mass is 9.95. The Morgan fingerprint density at radius 3 is 2.59 bits per heavy atom. The molecule has 5 heterocycles. The SMILES string of the molecule is COc1c(C)c2c(c(O)c1CCOP(=O)(O)CP(=O)(O)OC[C@H]1O[C@@H](n3cnc4c(N)ncnc43)[C@@H]3OC(C)(C)O[C@@H]31)C(=O)OC2. The van der Waals surface area contributed by atoms with E-state index in [2.05, 4.69) is 15.0 Å². The molecule has 2 unspecified atom stereocenters. The number of phenolic OH excluding ortho intramolecular Hbond substituents is 1. The fourth-order valence-corrected chi connectivity index (χ4v) is 9.15. The summed E-state index contributed by atoms with van der Waals surface area (Å²) in [4.78, 5) is 45.5. The van der Waals surface area contributed by atoms with Crippen molar-refractivity contribution in [2.45, 2.75) is 64.1 Å². The molecule has 250 valence electrons. The fourth-order valence-electron chi connectivity index (χ4n) is 5.93. The molecule has 2 fully saturated rings. The van der Waals surface area contributed by atoms with Crippen LogP contribution in [-0.2, 0) is 50.2 Å². The number of aromatic hydroxyl groups is 1. The smallest absolute Gasteiger partial charge is 0.342 e. The standard InChI is InChI=1S/C26H33N5O13P2/c1-12-14-7-39-25(33)16(14)18(32)13(19(12)38-4)5-6-40-45(34,35)11-46(36,37)41-8-15-20-21(44-26(2,3)43-20)24(42-15)31-10-30-17-22(27)28-9-29-23(17)31/h9-10,15,20-21,24,32H,5-8,11H2,1-4H3,(H,34,35)(H,36,37)(H2,27,28,29)/t15-,20-,21-,24-/m1/s1. The molecule has 6 rings (SSSR count). The maximum Gasteiger partial charge on any atom is 0.342 e. The molecule has 3 aromatic rings. The highest BCUT2D eigenvalue weighted by Crippen LogP contribution is 2.59. The van der Waals surface area contributed by atoms with E-state index in [1.165, 1.54) is 19.8 Å². The number of nitrogen functional groups attached to an aromatic ring is 1. The van der Waals surface area contributed by atoms with Crippen molar-refractivity contribution in [2.75, 3.05) is 32.0 Å². The van der Waals surface area contributed by atoms with Crippen LogP contribution in [-0.4, -0.2) is 90.7 Å². The molecular formula is C26H33N5O13P2. The summed E-state index contributed by atoms with van der Waals surface area (Å²) >= 11 is 0. The second kappa shape index (κ2) is 11.8. The van der Waals surface area contributed by atoms with Gasteiger partial charge in [-0.3, -0.25) is 13.7 Å². The highest BCUT2D eigenvalue weighted by Gasteiger charge is 2.56. The predicted molar refractivity (Wildman–Crippen MR) is 156 cm³/mol. The lowest BCUT2D eigenvalue weighted by Crippen LogP contribution is -2.32. The van der Waals surface area contributed by atoms with Crippen LogP contribution in [0.5, 0.6) is 11.5 Å². The van der Waals surface area contributed by atoms with Crippen LogP contribution in [0.1, 0.15) is 47.1 Å². The maximum atomic E-state index is 13.0. The summed E-state index contributed by atoms with van der Waals surface area (Å²) in [5.41, 5.74) is 7.83. The van der Waals surface area contributed by atoms with Gasteiger partial charge in [0.15, 0.2) is 29.4 Å². The molecule has 2 saturated heterocycles. The molecule has 0 amide bonds. The van der Waals surface area contributed by atoms with Gasteiger partial charge in [0, 0.05) is 17.5 Å². The van der Waals surface area contributed by atoms with Crippen molar-refractivity contribution in [3.63, 3.8) is 0 Å². The van der Waals surface area contributed by atoms with Crippen molar-refractivity contribution in [2.24, 2.45) is 0 Å². The minimum atomic E-state index is -4.73. The highest BCUT2D eigenvalue weighted by molar-refractivity contribution is 7.70. The number of phenols is 1. The van der Waals surface area contributed by atoms with Crippen LogP contribution < -0.4 is 10.5 Å². The van der Waals surface area contributed by atoms with E-state index in [1.807, 2.05) is 0 Å². The third-order valence-corrected chi connectivity index (χ3v) is 11.9. The molecule has 0 spiro atoms. The van der Waals surface area contributed by atoms with Gasteiger partial charge in [-0.05, 0) is 26.3 Å². The molecule has 0 bridgehead atoms. The number of hydrogen-bond donors (Lipinski definition) is 4. The number of benzene rings is 1.